The molecule has 1 saturated heterocycles. The molecule has 106 valence electrons. The zero-order chi connectivity index (χ0) is 13.8. The first-order valence-corrected chi connectivity index (χ1v) is 6.37. The Bertz CT molecular complexity index is 427. The Labute approximate surface area is 112 Å². The van der Waals surface area contributed by atoms with E-state index in [2.05, 4.69) is 0 Å². The topological polar surface area (TPSA) is 41.9 Å². The number of hydrogen-bond acceptors (Lipinski definition) is 4. The smallest absolute Gasteiger partial charge is 0.127 e. The molecule has 1 aliphatic heterocycles. The van der Waals surface area contributed by atoms with E-state index in [1.54, 1.807) is 14.2 Å². The van der Waals surface area contributed by atoms with Crippen LogP contribution in [0.1, 0.15) is 12.0 Å². The van der Waals surface area contributed by atoms with E-state index in [0.717, 1.165) is 17.1 Å². The van der Waals surface area contributed by atoms with Crippen molar-refractivity contribution >= 4 is 0 Å². The van der Waals surface area contributed by atoms with Gasteiger partial charge in [0.2, 0.25) is 0 Å². The van der Waals surface area contributed by atoms with E-state index in [0.29, 0.717) is 19.5 Å². The Morgan fingerprint density at radius 2 is 2.16 bits per heavy atom. The van der Waals surface area contributed by atoms with E-state index in [1.165, 1.54) is 0 Å². The summed E-state index contributed by atoms with van der Waals surface area (Å²) >= 11 is 0. The van der Waals surface area contributed by atoms with Crippen molar-refractivity contribution in [2.24, 2.45) is 0 Å². The van der Waals surface area contributed by atoms with Gasteiger partial charge < -0.3 is 14.6 Å². The number of likely N-dealkylation sites (tertiary alicyclic amines) is 1. The van der Waals surface area contributed by atoms with Gasteiger partial charge in [0, 0.05) is 30.8 Å². The first-order valence-electron chi connectivity index (χ1n) is 6.37. The summed E-state index contributed by atoms with van der Waals surface area (Å²) in [5, 5.41) is 9.28. The lowest BCUT2D eigenvalue weighted by Crippen LogP contribution is -2.31. The van der Waals surface area contributed by atoms with Crippen molar-refractivity contribution in [2.45, 2.75) is 25.2 Å². The highest BCUT2D eigenvalue weighted by Crippen LogP contribution is 2.29. The summed E-state index contributed by atoms with van der Waals surface area (Å²) < 4.78 is 23.9. The largest absolute Gasteiger partial charge is 0.497 e. The highest BCUT2D eigenvalue weighted by molar-refractivity contribution is 5.40. The van der Waals surface area contributed by atoms with Crippen LogP contribution in [-0.2, 0) is 6.54 Å². The molecule has 1 fully saturated rings. The maximum Gasteiger partial charge on any atom is 0.127 e. The number of aliphatic hydroxyl groups excluding tert-OH is 1. The normalized spacial score (nSPS) is 23.6. The average Bonchev–Trinajstić information content (AvgIpc) is 2.79. The van der Waals surface area contributed by atoms with Gasteiger partial charge in [-0.25, -0.2) is 4.39 Å². The summed E-state index contributed by atoms with van der Waals surface area (Å²) in [6.45, 7) is 0.915. The van der Waals surface area contributed by atoms with Crippen LogP contribution in [0.5, 0.6) is 11.5 Å². The molecular weight excluding hydrogens is 249 g/mol. The number of methoxy groups -OCH3 is 2. The molecule has 4 nitrogen and oxygen atoms in total. The van der Waals surface area contributed by atoms with Gasteiger partial charge in [-0.3, -0.25) is 4.90 Å². The van der Waals surface area contributed by atoms with Crippen molar-refractivity contribution in [3.05, 3.63) is 23.8 Å². The van der Waals surface area contributed by atoms with E-state index >= 15 is 0 Å². The first-order chi connectivity index (χ1) is 9.17. The van der Waals surface area contributed by atoms with Gasteiger partial charge in [0.25, 0.3) is 0 Å². The summed E-state index contributed by atoms with van der Waals surface area (Å²) in [5.74, 6) is 1.45. The molecule has 5 heteroatoms. The Morgan fingerprint density at radius 1 is 1.37 bits per heavy atom. The third-order valence-corrected chi connectivity index (χ3v) is 3.56. The van der Waals surface area contributed by atoms with Crippen molar-refractivity contribution in [1.82, 2.24) is 4.90 Å². The van der Waals surface area contributed by atoms with Crippen LogP contribution in [0, 0.1) is 0 Å². The molecule has 0 amide bonds. The van der Waals surface area contributed by atoms with Crippen LogP contribution >= 0.6 is 0 Å². The highest BCUT2D eigenvalue weighted by atomic mass is 19.1. The summed E-state index contributed by atoms with van der Waals surface area (Å²) in [6.07, 6.45) is -0.462. The third kappa shape index (κ3) is 3.16. The number of hydrogen-bond donors (Lipinski definition) is 1. The molecule has 0 aliphatic carbocycles. The van der Waals surface area contributed by atoms with E-state index in [-0.39, 0.29) is 12.6 Å². The van der Waals surface area contributed by atoms with Crippen molar-refractivity contribution in [2.75, 3.05) is 27.4 Å². The second kappa shape index (κ2) is 6.21. The molecule has 2 rings (SSSR count). The second-order valence-corrected chi connectivity index (χ2v) is 4.78. The van der Waals surface area contributed by atoms with Crippen LogP contribution in [0.15, 0.2) is 18.2 Å². The Morgan fingerprint density at radius 3 is 2.79 bits per heavy atom. The van der Waals surface area contributed by atoms with Gasteiger partial charge in [0.15, 0.2) is 0 Å². The lowest BCUT2D eigenvalue weighted by Gasteiger charge is -2.23. The van der Waals surface area contributed by atoms with Gasteiger partial charge in [-0.1, -0.05) is 6.07 Å². The number of ether oxygens (including phenoxy) is 2. The predicted octanol–water partition coefficient (Wildman–Crippen LogP) is 1.61. The summed E-state index contributed by atoms with van der Waals surface area (Å²) in [6, 6.07) is 5.47. The van der Waals surface area contributed by atoms with Crippen LogP contribution in [-0.4, -0.2) is 49.6 Å². The van der Waals surface area contributed by atoms with Crippen LogP contribution in [0.25, 0.3) is 0 Å². The minimum absolute atomic E-state index is 0.0150. The van der Waals surface area contributed by atoms with Gasteiger partial charge >= 0.3 is 0 Å². The number of aliphatic hydroxyl groups is 1. The molecule has 0 bridgehead atoms. The van der Waals surface area contributed by atoms with Gasteiger partial charge in [-0.05, 0) is 12.5 Å². The summed E-state index contributed by atoms with van der Waals surface area (Å²) in [7, 11) is 3.20. The molecule has 0 spiro atoms. The lowest BCUT2D eigenvalue weighted by atomic mass is 10.1. The van der Waals surface area contributed by atoms with Gasteiger partial charge in [0.05, 0.1) is 20.8 Å². The van der Waals surface area contributed by atoms with Crippen molar-refractivity contribution in [3.8, 4) is 11.5 Å². The molecular formula is C14H20FNO3. The summed E-state index contributed by atoms with van der Waals surface area (Å²) in [5.41, 5.74) is 0.968. The quantitative estimate of drug-likeness (QED) is 0.882. The number of rotatable bonds is 5. The highest BCUT2D eigenvalue weighted by Gasteiger charge is 2.31. The van der Waals surface area contributed by atoms with Crippen LogP contribution in [0.3, 0.4) is 0 Å². The fourth-order valence-corrected chi connectivity index (χ4v) is 2.51. The number of benzene rings is 1. The molecule has 0 unspecified atom stereocenters. The zero-order valence-electron chi connectivity index (χ0n) is 11.3. The van der Waals surface area contributed by atoms with Crippen LogP contribution in [0.2, 0.25) is 0 Å². The van der Waals surface area contributed by atoms with Crippen LogP contribution < -0.4 is 9.47 Å². The Balaban J connectivity index is 2.14. The van der Waals surface area contributed by atoms with Gasteiger partial charge in [0.1, 0.15) is 17.7 Å². The second-order valence-electron chi connectivity index (χ2n) is 4.78. The molecule has 0 saturated carbocycles. The van der Waals surface area contributed by atoms with Gasteiger partial charge in [-0.2, -0.15) is 0 Å². The standard InChI is InChI=1S/C14H20FNO3/c1-18-13-4-3-10(14(6-13)19-2)7-16-8-11(15)5-12(16)9-17/h3-4,6,11-12,17H,5,7-9H2,1-2H3/t11-,12-/m0/s1. The minimum Gasteiger partial charge on any atom is -0.497 e. The molecule has 2 atom stereocenters. The Kier molecular flexibility index (Phi) is 4.61. The molecule has 1 heterocycles. The summed E-state index contributed by atoms with van der Waals surface area (Å²) in [4.78, 5) is 1.95. The maximum absolute atomic E-state index is 13.4. The molecule has 0 aromatic heterocycles. The van der Waals surface area contributed by atoms with Crippen molar-refractivity contribution in [1.29, 1.82) is 0 Å². The van der Waals surface area contributed by atoms with Crippen LogP contribution in [0.4, 0.5) is 4.39 Å². The average molecular weight is 269 g/mol. The third-order valence-electron chi connectivity index (χ3n) is 3.56. The first kappa shape index (κ1) is 14.1. The molecule has 1 aromatic carbocycles. The zero-order valence-corrected chi connectivity index (χ0v) is 11.3. The number of halogens is 1. The van der Waals surface area contributed by atoms with E-state index < -0.39 is 6.17 Å². The predicted molar refractivity (Wildman–Crippen MR) is 70.3 cm³/mol. The van der Waals surface area contributed by atoms with E-state index in [4.69, 9.17) is 9.47 Å². The van der Waals surface area contributed by atoms with Gasteiger partial charge in [-0.15, -0.1) is 0 Å². The van der Waals surface area contributed by atoms with Crippen molar-refractivity contribution in [3.63, 3.8) is 0 Å². The SMILES string of the molecule is COc1ccc(CN2C[C@@H](F)C[C@H]2CO)c(OC)c1. The molecule has 0 radical (unpaired) electrons. The number of alkyl halides is 1. The van der Waals surface area contributed by atoms with E-state index in [9.17, 15) is 9.50 Å². The number of nitrogens with zero attached hydrogens (tertiary/aromatic N) is 1. The minimum atomic E-state index is -0.860. The van der Waals surface area contributed by atoms with E-state index in [1.807, 2.05) is 23.1 Å². The van der Waals surface area contributed by atoms with Crippen molar-refractivity contribution < 1.29 is 19.0 Å². The molecule has 1 aromatic rings. The molecule has 1 aliphatic rings. The fraction of sp³-hybridized carbons (Fsp3) is 0.571. The maximum atomic E-state index is 13.4. The lowest BCUT2D eigenvalue weighted by molar-refractivity contribution is 0.152. The fourth-order valence-electron chi connectivity index (χ4n) is 2.51. The molecule has 1 N–H and O–H groups in total. The Hall–Kier alpha value is -1.33. The molecule has 19 heavy (non-hydrogen) atoms. The monoisotopic (exact) mass is 269 g/mol.